The highest BCUT2D eigenvalue weighted by molar-refractivity contribution is 5.74. The van der Waals surface area contributed by atoms with E-state index in [-0.39, 0.29) is 12.1 Å². The molecule has 0 aliphatic heterocycles. The summed E-state index contributed by atoms with van der Waals surface area (Å²) in [4.78, 5) is 16.6. The number of urea groups is 1. The van der Waals surface area contributed by atoms with Crippen LogP contribution in [0, 0.1) is 6.92 Å². The van der Waals surface area contributed by atoms with Gasteiger partial charge in [-0.05, 0) is 37.1 Å². The van der Waals surface area contributed by atoms with Crippen LogP contribution >= 0.6 is 0 Å². The second-order valence-electron chi connectivity index (χ2n) is 5.93. The van der Waals surface area contributed by atoms with Gasteiger partial charge in [0.15, 0.2) is 0 Å². The molecule has 24 heavy (non-hydrogen) atoms. The van der Waals surface area contributed by atoms with Gasteiger partial charge in [0.1, 0.15) is 5.65 Å². The number of fused-ring (bicyclic) bond motifs is 1. The maximum Gasteiger partial charge on any atom is 0.315 e. The van der Waals surface area contributed by atoms with Gasteiger partial charge in [-0.15, -0.1) is 0 Å². The Hall–Kier alpha value is -2.82. The van der Waals surface area contributed by atoms with E-state index < -0.39 is 0 Å². The van der Waals surface area contributed by atoms with Crippen LogP contribution < -0.4 is 10.6 Å². The number of aromatic nitrogens is 2. The van der Waals surface area contributed by atoms with Crippen molar-refractivity contribution >= 4 is 11.7 Å². The van der Waals surface area contributed by atoms with Crippen LogP contribution in [0.2, 0.25) is 0 Å². The van der Waals surface area contributed by atoms with E-state index in [0.717, 1.165) is 16.9 Å². The largest absolute Gasteiger partial charge is 0.338 e. The molecule has 2 aromatic heterocycles. The fourth-order valence-electron chi connectivity index (χ4n) is 2.81. The molecule has 2 N–H and O–H groups in total. The molecule has 0 aliphatic carbocycles. The van der Waals surface area contributed by atoms with Gasteiger partial charge in [-0.2, -0.15) is 0 Å². The zero-order valence-corrected chi connectivity index (χ0v) is 14.0. The zero-order valence-electron chi connectivity index (χ0n) is 14.0. The number of benzene rings is 1. The summed E-state index contributed by atoms with van der Waals surface area (Å²) >= 11 is 0. The number of hydrogen-bond donors (Lipinski definition) is 2. The minimum Gasteiger partial charge on any atom is -0.338 e. The Balaban J connectivity index is 1.49. The summed E-state index contributed by atoms with van der Waals surface area (Å²) in [6, 6.07) is 13.8. The molecule has 3 aromatic rings. The molecule has 3 rings (SSSR count). The van der Waals surface area contributed by atoms with Gasteiger partial charge in [0.25, 0.3) is 0 Å². The Morgan fingerprint density at radius 1 is 1.21 bits per heavy atom. The molecule has 124 valence electrons. The maximum atomic E-state index is 12.1. The standard InChI is InChI=1S/C19H22N4O/c1-14-7-3-4-8-17(14)15(2)21-19(24)20-11-10-16-13-23-12-6-5-9-18(23)22-16/h3-9,12-13,15H,10-11H2,1-2H3,(H2,20,21,24)/t15-/m0/s1. The molecule has 0 fully saturated rings. The third-order valence-electron chi connectivity index (χ3n) is 4.08. The minimum absolute atomic E-state index is 0.0265. The van der Waals surface area contributed by atoms with Crippen LogP contribution in [0.15, 0.2) is 54.9 Å². The summed E-state index contributed by atoms with van der Waals surface area (Å²) in [7, 11) is 0. The molecule has 0 saturated heterocycles. The van der Waals surface area contributed by atoms with Crippen LogP contribution in [0.3, 0.4) is 0 Å². The van der Waals surface area contributed by atoms with Gasteiger partial charge in [-0.1, -0.05) is 30.3 Å². The molecular weight excluding hydrogens is 300 g/mol. The predicted molar refractivity (Wildman–Crippen MR) is 95.0 cm³/mol. The van der Waals surface area contributed by atoms with Crippen molar-refractivity contribution in [2.75, 3.05) is 6.54 Å². The molecular formula is C19H22N4O. The average Bonchev–Trinajstić information content (AvgIpc) is 2.97. The highest BCUT2D eigenvalue weighted by atomic mass is 16.2. The number of nitrogens with one attached hydrogen (secondary N) is 2. The van der Waals surface area contributed by atoms with E-state index in [0.29, 0.717) is 13.0 Å². The van der Waals surface area contributed by atoms with Gasteiger partial charge in [0.05, 0.1) is 11.7 Å². The van der Waals surface area contributed by atoms with Crippen LogP contribution in [0.1, 0.15) is 29.8 Å². The number of nitrogens with zero attached hydrogens (tertiary/aromatic N) is 2. The number of imidazole rings is 1. The molecule has 0 radical (unpaired) electrons. The third-order valence-corrected chi connectivity index (χ3v) is 4.08. The molecule has 2 heterocycles. The summed E-state index contributed by atoms with van der Waals surface area (Å²) in [5.41, 5.74) is 4.20. The first-order chi connectivity index (χ1) is 11.6. The van der Waals surface area contributed by atoms with Crippen LogP contribution in [0.5, 0.6) is 0 Å². The van der Waals surface area contributed by atoms with Crippen molar-refractivity contribution in [2.45, 2.75) is 26.3 Å². The van der Waals surface area contributed by atoms with Crippen LogP contribution in [0.4, 0.5) is 4.79 Å². The fourth-order valence-corrected chi connectivity index (χ4v) is 2.81. The van der Waals surface area contributed by atoms with Crippen molar-refractivity contribution < 1.29 is 4.79 Å². The number of hydrogen-bond acceptors (Lipinski definition) is 2. The number of aryl methyl sites for hydroxylation is 1. The van der Waals surface area contributed by atoms with Crippen molar-refractivity contribution in [1.82, 2.24) is 20.0 Å². The Labute approximate surface area is 141 Å². The molecule has 2 amide bonds. The summed E-state index contributed by atoms with van der Waals surface area (Å²) in [6.07, 6.45) is 4.66. The summed E-state index contributed by atoms with van der Waals surface area (Å²) < 4.78 is 1.98. The van der Waals surface area contributed by atoms with Crippen LogP contribution in [-0.4, -0.2) is 22.0 Å². The normalized spacial score (nSPS) is 12.1. The molecule has 5 nitrogen and oxygen atoms in total. The SMILES string of the molecule is Cc1ccccc1[C@H](C)NC(=O)NCCc1cn2ccccc2n1. The first-order valence-corrected chi connectivity index (χ1v) is 8.16. The van der Waals surface area contributed by atoms with E-state index in [4.69, 9.17) is 0 Å². The highest BCUT2D eigenvalue weighted by Crippen LogP contribution is 2.16. The summed E-state index contributed by atoms with van der Waals surface area (Å²) in [5, 5.41) is 5.87. The van der Waals surface area contributed by atoms with Crippen molar-refractivity contribution in [1.29, 1.82) is 0 Å². The number of carbonyl (C=O) groups is 1. The van der Waals surface area contributed by atoms with Gasteiger partial charge >= 0.3 is 6.03 Å². The lowest BCUT2D eigenvalue weighted by Crippen LogP contribution is -2.38. The Kier molecular flexibility index (Phi) is 4.79. The molecule has 5 heteroatoms. The Morgan fingerprint density at radius 3 is 2.79 bits per heavy atom. The Morgan fingerprint density at radius 2 is 2.00 bits per heavy atom. The van der Waals surface area contributed by atoms with E-state index in [2.05, 4.69) is 28.6 Å². The van der Waals surface area contributed by atoms with E-state index in [1.54, 1.807) is 0 Å². The number of carbonyl (C=O) groups excluding carboxylic acids is 1. The van der Waals surface area contributed by atoms with Gasteiger partial charge in [0.2, 0.25) is 0 Å². The maximum absolute atomic E-state index is 12.1. The van der Waals surface area contributed by atoms with Gasteiger partial charge < -0.3 is 15.0 Å². The molecule has 0 unspecified atom stereocenters. The average molecular weight is 322 g/mol. The molecule has 0 bridgehead atoms. The Bertz CT molecular complexity index is 807. The van der Waals surface area contributed by atoms with Gasteiger partial charge in [0, 0.05) is 25.4 Å². The fraction of sp³-hybridized carbons (Fsp3) is 0.263. The van der Waals surface area contributed by atoms with E-state index >= 15 is 0 Å². The van der Waals surface area contributed by atoms with Crippen molar-refractivity contribution in [3.63, 3.8) is 0 Å². The number of rotatable bonds is 5. The smallest absolute Gasteiger partial charge is 0.315 e. The molecule has 1 aromatic carbocycles. The van der Waals surface area contributed by atoms with E-state index in [9.17, 15) is 4.79 Å². The molecule has 1 atom stereocenters. The predicted octanol–water partition coefficient (Wildman–Crippen LogP) is 3.25. The molecule has 0 aliphatic rings. The van der Waals surface area contributed by atoms with Gasteiger partial charge in [-0.25, -0.2) is 9.78 Å². The second-order valence-corrected chi connectivity index (χ2v) is 5.93. The number of pyridine rings is 1. The van der Waals surface area contributed by atoms with Crippen LogP contribution in [0.25, 0.3) is 5.65 Å². The molecule has 0 saturated carbocycles. The van der Waals surface area contributed by atoms with Crippen LogP contribution in [-0.2, 0) is 6.42 Å². The van der Waals surface area contributed by atoms with E-state index in [1.807, 2.05) is 60.1 Å². The van der Waals surface area contributed by atoms with Crippen molar-refractivity contribution in [2.24, 2.45) is 0 Å². The summed E-state index contributed by atoms with van der Waals surface area (Å²) in [5.74, 6) is 0. The quantitative estimate of drug-likeness (QED) is 0.757. The first-order valence-electron chi connectivity index (χ1n) is 8.16. The topological polar surface area (TPSA) is 58.4 Å². The third kappa shape index (κ3) is 3.74. The summed E-state index contributed by atoms with van der Waals surface area (Å²) in [6.45, 7) is 4.59. The van der Waals surface area contributed by atoms with Crippen molar-refractivity contribution in [3.05, 3.63) is 71.7 Å². The minimum atomic E-state index is -0.158. The zero-order chi connectivity index (χ0) is 16.9. The van der Waals surface area contributed by atoms with Gasteiger partial charge in [-0.3, -0.25) is 0 Å². The van der Waals surface area contributed by atoms with Crippen molar-refractivity contribution in [3.8, 4) is 0 Å². The first kappa shape index (κ1) is 16.1. The second kappa shape index (κ2) is 7.17. The lowest BCUT2D eigenvalue weighted by Gasteiger charge is -2.16. The van der Waals surface area contributed by atoms with E-state index in [1.165, 1.54) is 5.56 Å². The lowest BCUT2D eigenvalue weighted by atomic mass is 10.0. The lowest BCUT2D eigenvalue weighted by molar-refractivity contribution is 0.238. The monoisotopic (exact) mass is 322 g/mol. The highest BCUT2D eigenvalue weighted by Gasteiger charge is 2.11. The molecule has 0 spiro atoms. The number of amides is 2.